The predicted molar refractivity (Wildman–Crippen MR) is 111 cm³/mol. The quantitative estimate of drug-likeness (QED) is 0.360. The van der Waals surface area contributed by atoms with Crippen LogP contribution in [0.1, 0.15) is 25.0 Å². The monoisotopic (exact) mass is 424 g/mol. The number of hydrogen-bond acceptors (Lipinski definition) is 9. The lowest BCUT2D eigenvalue weighted by atomic mass is 10.2. The van der Waals surface area contributed by atoms with Gasteiger partial charge >= 0.3 is 0 Å². The van der Waals surface area contributed by atoms with E-state index < -0.39 is 0 Å². The van der Waals surface area contributed by atoms with E-state index in [1.54, 1.807) is 7.11 Å². The lowest BCUT2D eigenvalue weighted by molar-refractivity contribution is 0.340. The van der Waals surface area contributed by atoms with Crippen molar-refractivity contribution in [3.63, 3.8) is 0 Å². The minimum atomic E-state index is -0.167. The van der Waals surface area contributed by atoms with Gasteiger partial charge in [0.1, 0.15) is 11.5 Å². The molecule has 0 spiro atoms. The van der Waals surface area contributed by atoms with Crippen molar-refractivity contribution in [3.05, 3.63) is 54.4 Å². The Bertz CT molecular complexity index is 1110. The van der Waals surface area contributed by atoms with Gasteiger partial charge in [0.15, 0.2) is 0 Å². The average Bonchev–Trinajstić information content (AvgIpc) is 3.45. The molecule has 0 unspecified atom stereocenters. The minimum absolute atomic E-state index is 0.167. The van der Waals surface area contributed by atoms with Gasteiger partial charge in [0.2, 0.25) is 11.8 Å². The van der Waals surface area contributed by atoms with Crippen LogP contribution in [0.3, 0.4) is 0 Å². The van der Waals surface area contributed by atoms with Crippen LogP contribution < -0.4 is 9.47 Å². The summed E-state index contributed by atoms with van der Waals surface area (Å²) in [5.41, 5.74) is 1.57. The van der Waals surface area contributed by atoms with Crippen LogP contribution in [-0.4, -0.2) is 34.1 Å². The number of para-hydroxylation sites is 1. The van der Waals surface area contributed by atoms with E-state index in [9.17, 15) is 0 Å². The van der Waals surface area contributed by atoms with E-state index in [0.717, 1.165) is 16.9 Å². The van der Waals surface area contributed by atoms with Crippen molar-refractivity contribution in [2.75, 3.05) is 13.7 Å². The summed E-state index contributed by atoms with van der Waals surface area (Å²) >= 11 is 1.35. The van der Waals surface area contributed by atoms with Gasteiger partial charge in [0.25, 0.3) is 11.1 Å². The molecule has 0 aliphatic rings. The smallest absolute Gasteiger partial charge is 0.277 e. The molecule has 0 saturated carbocycles. The first-order valence-corrected chi connectivity index (χ1v) is 10.3. The van der Waals surface area contributed by atoms with Crippen LogP contribution in [0.25, 0.3) is 22.9 Å². The van der Waals surface area contributed by atoms with Crippen molar-refractivity contribution in [1.29, 1.82) is 0 Å². The third kappa shape index (κ3) is 4.30. The van der Waals surface area contributed by atoms with Crippen LogP contribution in [0.15, 0.2) is 62.6 Å². The molecule has 0 fully saturated rings. The van der Waals surface area contributed by atoms with E-state index >= 15 is 0 Å². The first kappa shape index (κ1) is 20.0. The van der Waals surface area contributed by atoms with Crippen LogP contribution in [0.2, 0.25) is 0 Å². The lowest BCUT2D eigenvalue weighted by Gasteiger charge is -2.06. The second kappa shape index (κ2) is 9.00. The first-order valence-electron chi connectivity index (χ1n) is 9.38. The third-order valence-electron chi connectivity index (χ3n) is 4.23. The van der Waals surface area contributed by atoms with Crippen LogP contribution in [-0.2, 0) is 0 Å². The molecule has 0 bridgehead atoms. The molecule has 30 heavy (non-hydrogen) atoms. The van der Waals surface area contributed by atoms with Gasteiger partial charge < -0.3 is 18.3 Å². The van der Waals surface area contributed by atoms with Gasteiger partial charge in [-0.1, -0.05) is 23.9 Å². The fourth-order valence-electron chi connectivity index (χ4n) is 2.74. The Labute approximate surface area is 177 Å². The van der Waals surface area contributed by atoms with Crippen LogP contribution >= 0.6 is 11.8 Å². The third-order valence-corrected chi connectivity index (χ3v) is 5.15. The Morgan fingerprint density at radius 2 is 1.70 bits per heavy atom. The second-order valence-electron chi connectivity index (χ2n) is 6.24. The topological polar surface area (TPSA) is 96.3 Å². The number of rotatable bonds is 8. The number of thioether (sulfide) groups is 1. The largest absolute Gasteiger partial charge is 0.497 e. The van der Waals surface area contributed by atoms with Crippen molar-refractivity contribution >= 4 is 11.8 Å². The molecule has 8 nitrogen and oxygen atoms in total. The van der Waals surface area contributed by atoms with E-state index in [1.807, 2.05) is 62.4 Å². The standard InChI is InChI=1S/C21H20N4O4S/c1-4-27-17-8-6-5-7-16(17)20-24-25-21(29-20)30-13(2)18-22-23-19(28-18)14-9-11-15(26-3)12-10-14/h5-13H,4H2,1-3H3/t13-/m1/s1. The molecule has 9 heteroatoms. The molecule has 0 aliphatic carbocycles. The second-order valence-corrected chi connectivity index (χ2v) is 7.53. The van der Waals surface area contributed by atoms with Crippen molar-refractivity contribution in [3.8, 4) is 34.4 Å². The summed E-state index contributed by atoms with van der Waals surface area (Å²) in [5, 5.41) is 16.8. The van der Waals surface area contributed by atoms with Gasteiger partial charge in [0.05, 0.1) is 24.5 Å². The van der Waals surface area contributed by atoms with E-state index in [1.165, 1.54) is 11.8 Å². The molecule has 2 heterocycles. The van der Waals surface area contributed by atoms with Gasteiger partial charge in [-0.2, -0.15) is 0 Å². The maximum atomic E-state index is 5.83. The van der Waals surface area contributed by atoms with Crippen LogP contribution in [0.4, 0.5) is 0 Å². The summed E-state index contributed by atoms with van der Waals surface area (Å²) in [6.45, 7) is 4.42. The highest BCUT2D eigenvalue weighted by Gasteiger charge is 2.20. The van der Waals surface area contributed by atoms with Gasteiger partial charge in [-0.25, -0.2) is 0 Å². The summed E-state index contributed by atoms with van der Waals surface area (Å²) < 4.78 is 22.5. The number of hydrogen-bond donors (Lipinski definition) is 0. The summed E-state index contributed by atoms with van der Waals surface area (Å²) in [4.78, 5) is 0. The van der Waals surface area contributed by atoms with Crippen LogP contribution in [0.5, 0.6) is 11.5 Å². The Morgan fingerprint density at radius 1 is 0.933 bits per heavy atom. The molecule has 2 aromatic carbocycles. The van der Waals surface area contributed by atoms with Crippen molar-refractivity contribution in [2.45, 2.75) is 24.3 Å². The maximum Gasteiger partial charge on any atom is 0.277 e. The normalized spacial score (nSPS) is 12.0. The van der Waals surface area contributed by atoms with Crippen molar-refractivity contribution < 1.29 is 18.3 Å². The first-order chi connectivity index (χ1) is 14.7. The SMILES string of the molecule is CCOc1ccccc1-c1nnc(S[C@H](C)c2nnc(-c3ccc(OC)cc3)o2)o1. The fourth-order valence-corrected chi connectivity index (χ4v) is 3.46. The molecule has 4 aromatic rings. The van der Waals surface area contributed by atoms with E-state index in [2.05, 4.69) is 20.4 Å². The molecule has 2 aromatic heterocycles. The maximum absolute atomic E-state index is 5.83. The molecule has 1 atom stereocenters. The number of benzene rings is 2. The fraction of sp³-hybridized carbons (Fsp3) is 0.238. The summed E-state index contributed by atoms with van der Waals surface area (Å²) in [7, 11) is 1.62. The van der Waals surface area contributed by atoms with Gasteiger partial charge in [-0.3, -0.25) is 0 Å². The zero-order valence-electron chi connectivity index (χ0n) is 16.7. The summed E-state index contributed by atoms with van der Waals surface area (Å²) in [5.74, 6) is 2.78. The van der Waals surface area contributed by atoms with Crippen molar-refractivity contribution in [2.24, 2.45) is 0 Å². The lowest BCUT2D eigenvalue weighted by Crippen LogP contribution is -1.93. The van der Waals surface area contributed by atoms with E-state index in [0.29, 0.717) is 35.3 Å². The zero-order chi connectivity index (χ0) is 20.9. The minimum Gasteiger partial charge on any atom is -0.497 e. The van der Waals surface area contributed by atoms with E-state index in [4.69, 9.17) is 18.3 Å². The molecule has 0 radical (unpaired) electrons. The molecule has 0 saturated heterocycles. The number of aromatic nitrogens is 4. The molecule has 154 valence electrons. The number of nitrogens with zero attached hydrogens (tertiary/aromatic N) is 4. The van der Waals surface area contributed by atoms with Gasteiger partial charge in [0, 0.05) is 5.56 Å². The average molecular weight is 424 g/mol. The van der Waals surface area contributed by atoms with Gasteiger partial charge in [-0.15, -0.1) is 20.4 Å². The molecule has 0 aliphatic heterocycles. The molecule has 4 rings (SSSR count). The number of ether oxygens (including phenoxy) is 2. The molecule has 0 N–H and O–H groups in total. The number of methoxy groups -OCH3 is 1. The zero-order valence-corrected chi connectivity index (χ0v) is 17.5. The Hall–Kier alpha value is -3.33. The molecular formula is C21H20N4O4S. The van der Waals surface area contributed by atoms with Crippen LogP contribution in [0, 0.1) is 0 Å². The highest BCUT2D eigenvalue weighted by molar-refractivity contribution is 7.99. The molecule has 0 amide bonds. The van der Waals surface area contributed by atoms with Crippen molar-refractivity contribution in [1.82, 2.24) is 20.4 Å². The highest BCUT2D eigenvalue weighted by atomic mass is 32.2. The Morgan fingerprint density at radius 3 is 2.47 bits per heavy atom. The van der Waals surface area contributed by atoms with E-state index in [-0.39, 0.29) is 5.25 Å². The summed E-state index contributed by atoms with van der Waals surface area (Å²) in [6, 6.07) is 15.0. The van der Waals surface area contributed by atoms with Gasteiger partial charge in [-0.05, 0) is 50.2 Å². The highest BCUT2D eigenvalue weighted by Crippen LogP contribution is 2.37. The Kier molecular flexibility index (Phi) is 5.99. The predicted octanol–water partition coefficient (Wildman–Crippen LogP) is 5.05. The summed E-state index contributed by atoms with van der Waals surface area (Å²) in [6.07, 6.45) is 0. The Balaban J connectivity index is 1.47. The molecular weight excluding hydrogens is 404 g/mol.